The van der Waals surface area contributed by atoms with Crippen molar-refractivity contribution in [3.8, 4) is 0 Å². The Hall–Kier alpha value is -4.45. The molecule has 382 valence electrons. The van der Waals surface area contributed by atoms with Crippen molar-refractivity contribution in [2.24, 2.45) is 0 Å². The lowest BCUT2D eigenvalue weighted by atomic mass is 10.1. The number of unbranched alkanes of at least 4 members (excludes halogenated alkanes) is 14. The van der Waals surface area contributed by atoms with E-state index in [1.807, 2.05) is 0 Å². The number of esters is 3. The summed E-state index contributed by atoms with van der Waals surface area (Å²) < 4.78 is 16.8. The Morgan fingerprint density at radius 3 is 0.868 bits per heavy atom. The second-order valence-corrected chi connectivity index (χ2v) is 17.3. The van der Waals surface area contributed by atoms with E-state index in [2.05, 4.69) is 154 Å². The summed E-state index contributed by atoms with van der Waals surface area (Å²) in [6.45, 7) is 6.23. The maximum atomic E-state index is 12.8. The van der Waals surface area contributed by atoms with E-state index >= 15 is 0 Å². The Morgan fingerprint density at radius 1 is 0.294 bits per heavy atom. The van der Waals surface area contributed by atoms with E-state index < -0.39 is 6.10 Å². The van der Waals surface area contributed by atoms with Gasteiger partial charge in [-0.3, -0.25) is 14.4 Å². The summed E-state index contributed by atoms with van der Waals surface area (Å²) in [4.78, 5) is 38.1. The molecule has 0 aliphatic heterocycles. The zero-order valence-corrected chi connectivity index (χ0v) is 43.6. The third-order valence-corrected chi connectivity index (χ3v) is 10.9. The number of rotatable bonds is 47. The molecule has 0 rings (SSSR count). The minimum absolute atomic E-state index is 0.114. The standard InChI is InChI=1S/C62H98O6/c1-4-7-10-13-16-19-22-25-28-30-31-33-34-37-40-43-46-49-52-55-61(64)67-58-59(57-66-60(63)54-51-48-45-42-39-36-27-24-21-18-15-12-9-6-3)68-62(65)56-53-50-47-44-41-38-35-32-29-26-23-20-17-14-11-8-5-2/h7-12,16-21,25-26,28-29,31,33,35,38,44,47,59H,4-6,13-15,22-24,27,30,32,34,36-37,39-43,45-46,48-58H2,1-3H3/b10-7-,11-8-,12-9-,19-16-,20-17-,21-18-,28-25-,29-26-,33-31-,38-35-,47-44-. The molecule has 6 heteroatoms. The lowest BCUT2D eigenvalue weighted by molar-refractivity contribution is -0.167. The highest BCUT2D eigenvalue weighted by atomic mass is 16.6. The van der Waals surface area contributed by atoms with Gasteiger partial charge in [0, 0.05) is 19.3 Å². The Kier molecular flexibility index (Phi) is 51.5. The summed E-state index contributed by atoms with van der Waals surface area (Å²) in [5, 5.41) is 0. The molecule has 0 aliphatic rings. The van der Waals surface area contributed by atoms with Crippen LogP contribution in [-0.4, -0.2) is 37.2 Å². The van der Waals surface area contributed by atoms with E-state index in [9.17, 15) is 14.4 Å². The maximum Gasteiger partial charge on any atom is 0.306 e. The monoisotopic (exact) mass is 939 g/mol. The smallest absolute Gasteiger partial charge is 0.306 e. The van der Waals surface area contributed by atoms with Gasteiger partial charge in [-0.1, -0.05) is 212 Å². The average molecular weight is 939 g/mol. The molecule has 0 saturated heterocycles. The van der Waals surface area contributed by atoms with Crippen LogP contribution in [0.4, 0.5) is 0 Å². The molecule has 1 atom stereocenters. The molecule has 0 aromatic carbocycles. The predicted octanol–water partition coefficient (Wildman–Crippen LogP) is 18.3. The van der Waals surface area contributed by atoms with E-state index in [1.54, 1.807) is 0 Å². The van der Waals surface area contributed by atoms with E-state index in [-0.39, 0.29) is 37.5 Å². The van der Waals surface area contributed by atoms with Crippen LogP contribution in [0.25, 0.3) is 0 Å². The van der Waals surface area contributed by atoms with Gasteiger partial charge in [-0.2, -0.15) is 0 Å². The largest absolute Gasteiger partial charge is 0.462 e. The first-order chi connectivity index (χ1) is 33.5. The fourth-order valence-corrected chi connectivity index (χ4v) is 6.92. The highest BCUT2D eigenvalue weighted by Gasteiger charge is 2.19. The number of allylic oxidation sites excluding steroid dienone is 22. The molecule has 0 aromatic heterocycles. The van der Waals surface area contributed by atoms with Crippen molar-refractivity contribution in [3.63, 3.8) is 0 Å². The van der Waals surface area contributed by atoms with Crippen molar-refractivity contribution in [1.29, 1.82) is 0 Å². The zero-order valence-electron chi connectivity index (χ0n) is 43.6. The number of hydrogen-bond donors (Lipinski definition) is 0. The molecule has 0 bridgehead atoms. The highest BCUT2D eigenvalue weighted by Crippen LogP contribution is 2.13. The summed E-state index contributed by atoms with van der Waals surface area (Å²) in [6.07, 6.45) is 77.3. The Morgan fingerprint density at radius 2 is 0.544 bits per heavy atom. The van der Waals surface area contributed by atoms with E-state index in [0.717, 1.165) is 135 Å². The van der Waals surface area contributed by atoms with Gasteiger partial charge in [0.2, 0.25) is 0 Å². The number of hydrogen-bond acceptors (Lipinski definition) is 6. The van der Waals surface area contributed by atoms with Crippen molar-refractivity contribution >= 4 is 17.9 Å². The van der Waals surface area contributed by atoms with Crippen LogP contribution < -0.4 is 0 Å². The predicted molar refractivity (Wildman–Crippen MR) is 292 cm³/mol. The van der Waals surface area contributed by atoms with Gasteiger partial charge in [-0.05, 0) is 122 Å². The third kappa shape index (κ3) is 52.5. The number of carbonyl (C=O) groups is 3. The molecular formula is C62H98O6. The van der Waals surface area contributed by atoms with Crippen LogP contribution in [0.3, 0.4) is 0 Å². The molecule has 6 nitrogen and oxygen atoms in total. The molecular weight excluding hydrogens is 841 g/mol. The molecule has 0 amide bonds. The average Bonchev–Trinajstić information content (AvgIpc) is 3.34. The van der Waals surface area contributed by atoms with Gasteiger partial charge < -0.3 is 14.2 Å². The van der Waals surface area contributed by atoms with Crippen LogP contribution in [-0.2, 0) is 28.6 Å². The van der Waals surface area contributed by atoms with Gasteiger partial charge in [0.25, 0.3) is 0 Å². The minimum Gasteiger partial charge on any atom is -0.462 e. The molecule has 0 aromatic rings. The molecule has 0 spiro atoms. The summed E-state index contributed by atoms with van der Waals surface area (Å²) in [5.74, 6) is -1.00. The first-order valence-corrected chi connectivity index (χ1v) is 27.2. The van der Waals surface area contributed by atoms with E-state index in [1.165, 1.54) is 38.5 Å². The van der Waals surface area contributed by atoms with Crippen molar-refractivity contribution < 1.29 is 28.6 Å². The molecule has 0 N–H and O–H groups in total. The van der Waals surface area contributed by atoms with Crippen LogP contribution in [0, 0.1) is 0 Å². The van der Waals surface area contributed by atoms with Crippen LogP contribution in [0.15, 0.2) is 134 Å². The summed E-state index contributed by atoms with van der Waals surface area (Å²) in [7, 11) is 0. The number of carbonyl (C=O) groups excluding carboxylic acids is 3. The van der Waals surface area contributed by atoms with Gasteiger partial charge in [-0.25, -0.2) is 0 Å². The van der Waals surface area contributed by atoms with Crippen molar-refractivity contribution in [3.05, 3.63) is 134 Å². The first-order valence-electron chi connectivity index (χ1n) is 27.2. The second-order valence-electron chi connectivity index (χ2n) is 17.3. The van der Waals surface area contributed by atoms with Crippen molar-refractivity contribution in [1.82, 2.24) is 0 Å². The fraction of sp³-hybridized carbons (Fsp3) is 0.597. The van der Waals surface area contributed by atoms with Gasteiger partial charge >= 0.3 is 17.9 Å². The summed E-state index contributed by atoms with van der Waals surface area (Å²) in [6, 6.07) is 0. The second kappa shape index (κ2) is 55.1. The topological polar surface area (TPSA) is 78.9 Å². The molecule has 0 radical (unpaired) electrons. The summed E-state index contributed by atoms with van der Waals surface area (Å²) in [5.41, 5.74) is 0. The van der Waals surface area contributed by atoms with Crippen molar-refractivity contribution in [2.75, 3.05) is 13.2 Å². The van der Waals surface area contributed by atoms with Crippen LogP contribution in [0.2, 0.25) is 0 Å². The minimum atomic E-state index is -0.822. The van der Waals surface area contributed by atoms with Gasteiger partial charge in [0.05, 0.1) is 0 Å². The Balaban J connectivity index is 4.53. The van der Waals surface area contributed by atoms with Gasteiger partial charge in [0.1, 0.15) is 13.2 Å². The lowest BCUT2D eigenvalue weighted by Gasteiger charge is -2.18. The lowest BCUT2D eigenvalue weighted by Crippen LogP contribution is -2.30. The van der Waals surface area contributed by atoms with Gasteiger partial charge in [0.15, 0.2) is 6.10 Å². The van der Waals surface area contributed by atoms with E-state index in [0.29, 0.717) is 19.3 Å². The maximum absolute atomic E-state index is 12.8. The zero-order chi connectivity index (χ0) is 49.3. The van der Waals surface area contributed by atoms with Crippen LogP contribution in [0.5, 0.6) is 0 Å². The highest BCUT2D eigenvalue weighted by molar-refractivity contribution is 5.71. The summed E-state index contributed by atoms with van der Waals surface area (Å²) >= 11 is 0. The van der Waals surface area contributed by atoms with Crippen LogP contribution in [0.1, 0.15) is 220 Å². The molecule has 0 saturated carbocycles. The molecule has 68 heavy (non-hydrogen) atoms. The Bertz CT molecular complexity index is 1500. The third-order valence-electron chi connectivity index (χ3n) is 10.9. The molecule has 0 aliphatic carbocycles. The van der Waals surface area contributed by atoms with Gasteiger partial charge in [-0.15, -0.1) is 0 Å². The Labute approximate surface area is 417 Å². The van der Waals surface area contributed by atoms with Crippen molar-refractivity contribution in [2.45, 2.75) is 226 Å². The molecule has 0 fully saturated rings. The molecule has 1 unspecified atom stereocenters. The molecule has 0 heterocycles. The SMILES string of the molecule is CC/C=C\C/C=C\C/C=C\C/C=C\C/C=C\CCCC(=O)OC(COC(=O)CCCCCCCC/C=C\C/C=C\C/C=C\C/C=C\CC)COC(=O)CCCCCCCCC/C=C\C/C=C\CC. The normalized spacial score (nSPS) is 13.2. The fourth-order valence-electron chi connectivity index (χ4n) is 6.92. The first kappa shape index (κ1) is 63.5. The van der Waals surface area contributed by atoms with E-state index in [4.69, 9.17) is 14.2 Å². The quantitative estimate of drug-likeness (QED) is 0.0262. The van der Waals surface area contributed by atoms with Crippen LogP contribution >= 0.6 is 0 Å². The number of ether oxygens (including phenoxy) is 3.